The number of halogens is 1. The Kier molecular flexibility index (Phi) is 3.72. The smallest absolute Gasteiger partial charge is 0.0532 e. The summed E-state index contributed by atoms with van der Waals surface area (Å²) in [7, 11) is 0. The van der Waals surface area contributed by atoms with Gasteiger partial charge in [0.25, 0.3) is 0 Å². The third-order valence-electron chi connectivity index (χ3n) is 3.56. The molecule has 1 atom stereocenters. The highest BCUT2D eigenvalue weighted by molar-refractivity contribution is 7.99. The van der Waals surface area contributed by atoms with Gasteiger partial charge in [0.2, 0.25) is 0 Å². The van der Waals surface area contributed by atoms with Gasteiger partial charge in [-0.2, -0.15) is 0 Å². The van der Waals surface area contributed by atoms with Crippen LogP contribution in [0, 0.1) is 6.92 Å². The molecule has 0 saturated carbocycles. The molecule has 0 aromatic heterocycles. The lowest BCUT2D eigenvalue weighted by Crippen LogP contribution is -2.16. The minimum Gasteiger partial charge on any atom is -0.378 e. The van der Waals surface area contributed by atoms with Crippen molar-refractivity contribution in [1.82, 2.24) is 0 Å². The van der Waals surface area contributed by atoms with Gasteiger partial charge in [-0.3, -0.25) is 0 Å². The van der Waals surface area contributed by atoms with Crippen LogP contribution < -0.4 is 5.32 Å². The van der Waals surface area contributed by atoms with Crippen molar-refractivity contribution >= 4 is 29.1 Å². The van der Waals surface area contributed by atoms with Crippen molar-refractivity contribution in [2.24, 2.45) is 0 Å². The van der Waals surface area contributed by atoms with Gasteiger partial charge < -0.3 is 5.32 Å². The zero-order valence-electron chi connectivity index (χ0n) is 10.8. The van der Waals surface area contributed by atoms with Crippen LogP contribution in [0.4, 0.5) is 5.69 Å². The van der Waals surface area contributed by atoms with Gasteiger partial charge in [0.1, 0.15) is 0 Å². The molecule has 0 bridgehead atoms. The molecule has 3 rings (SSSR count). The summed E-state index contributed by atoms with van der Waals surface area (Å²) < 4.78 is 0. The van der Waals surface area contributed by atoms with Gasteiger partial charge in [0.05, 0.1) is 6.04 Å². The molecule has 0 radical (unpaired) electrons. The molecule has 0 amide bonds. The van der Waals surface area contributed by atoms with Crippen LogP contribution in [0.3, 0.4) is 0 Å². The van der Waals surface area contributed by atoms with Gasteiger partial charge in [-0.05, 0) is 42.7 Å². The maximum atomic E-state index is 6.19. The lowest BCUT2D eigenvalue weighted by atomic mass is 10.0. The number of rotatable bonds is 2. The topological polar surface area (TPSA) is 12.0 Å². The van der Waals surface area contributed by atoms with Crippen molar-refractivity contribution < 1.29 is 0 Å². The minimum atomic E-state index is 0.384. The van der Waals surface area contributed by atoms with E-state index in [2.05, 4.69) is 42.6 Å². The number of fused-ring (bicyclic) bond motifs is 1. The number of hydrogen-bond donors (Lipinski definition) is 1. The SMILES string of the molecule is Cc1c(Cl)cccc1NC1CCSc2ccccc21. The first-order valence-electron chi connectivity index (χ1n) is 6.49. The number of hydrogen-bond acceptors (Lipinski definition) is 2. The molecule has 1 aliphatic rings. The molecule has 1 N–H and O–H groups in total. The summed E-state index contributed by atoms with van der Waals surface area (Å²) in [6, 6.07) is 15.1. The van der Waals surface area contributed by atoms with Crippen LogP contribution >= 0.6 is 23.4 Å². The van der Waals surface area contributed by atoms with Gasteiger partial charge in [0, 0.05) is 21.4 Å². The van der Waals surface area contributed by atoms with Crippen LogP contribution in [-0.2, 0) is 0 Å². The molecule has 19 heavy (non-hydrogen) atoms. The molecule has 0 saturated heterocycles. The molecular weight excluding hydrogens is 274 g/mol. The predicted molar refractivity (Wildman–Crippen MR) is 84.3 cm³/mol. The average Bonchev–Trinajstić information content (AvgIpc) is 2.44. The Morgan fingerprint density at radius 2 is 2.00 bits per heavy atom. The normalized spacial score (nSPS) is 17.9. The van der Waals surface area contributed by atoms with Crippen molar-refractivity contribution in [3.8, 4) is 0 Å². The maximum absolute atomic E-state index is 6.19. The van der Waals surface area contributed by atoms with E-state index in [0.29, 0.717) is 6.04 Å². The molecule has 1 aliphatic heterocycles. The second-order valence-electron chi connectivity index (χ2n) is 4.78. The van der Waals surface area contributed by atoms with E-state index in [9.17, 15) is 0 Å². The first-order chi connectivity index (χ1) is 9.25. The summed E-state index contributed by atoms with van der Waals surface area (Å²) in [6.45, 7) is 2.06. The molecule has 1 unspecified atom stereocenters. The predicted octanol–water partition coefficient (Wildman–Crippen LogP) is 5.30. The van der Waals surface area contributed by atoms with E-state index in [1.807, 2.05) is 23.9 Å². The molecule has 98 valence electrons. The molecule has 3 heteroatoms. The Bertz CT molecular complexity index is 597. The molecular formula is C16H16ClNS. The van der Waals surface area contributed by atoms with Crippen LogP contribution in [0.25, 0.3) is 0 Å². The van der Waals surface area contributed by atoms with Gasteiger partial charge >= 0.3 is 0 Å². The Hall–Kier alpha value is -1.12. The number of anilines is 1. The van der Waals surface area contributed by atoms with Crippen molar-refractivity contribution in [2.75, 3.05) is 11.1 Å². The number of thioether (sulfide) groups is 1. The van der Waals surface area contributed by atoms with Crippen molar-refractivity contribution in [3.63, 3.8) is 0 Å². The van der Waals surface area contributed by atoms with Crippen LogP contribution in [0.15, 0.2) is 47.4 Å². The quantitative estimate of drug-likeness (QED) is 0.805. The van der Waals surface area contributed by atoms with Gasteiger partial charge in [-0.15, -0.1) is 11.8 Å². The summed E-state index contributed by atoms with van der Waals surface area (Å²) in [6.07, 6.45) is 1.15. The Morgan fingerprint density at radius 3 is 2.89 bits per heavy atom. The van der Waals surface area contributed by atoms with Gasteiger partial charge in [-0.1, -0.05) is 35.9 Å². The van der Waals surface area contributed by atoms with E-state index in [-0.39, 0.29) is 0 Å². The zero-order chi connectivity index (χ0) is 13.2. The molecule has 0 fully saturated rings. The van der Waals surface area contributed by atoms with Gasteiger partial charge in [0.15, 0.2) is 0 Å². The second-order valence-corrected chi connectivity index (χ2v) is 6.33. The maximum Gasteiger partial charge on any atom is 0.0532 e. The van der Waals surface area contributed by atoms with E-state index in [0.717, 1.165) is 28.4 Å². The summed E-state index contributed by atoms with van der Waals surface area (Å²) in [5, 5.41) is 4.47. The summed E-state index contributed by atoms with van der Waals surface area (Å²) >= 11 is 8.13. The number of benzene rings is 2. The fourth-order valence-electron chi connectivity index (χ4n) is 2.44. The van der Waals surface area contributed by atoms with E-state index >= 15 is 0 Å². The molecule has 1 nitrogen and oxygen atoms in total. The second kappa shape index (κ2) is 5.48. The fourth-order valence-corrected chi connectivity index (χ4v) is 3.74. The molecule has 0 spiro atoms. The standard InChI is InChI=1S/C16H16ClNS/c1-11-13(17)6-4-7-14(11)18-15-9-10-19-16-8-3-2-5-12(15)16/h2-8,15,18H,9-10H2,1H3. The van der Waals surface area contributed by atoms with Crippen molar-refractivity contribution in [1.29, 1.82) is 0 Å². The van der Waals surface area contributed by atoms with Crippen LogP contribution in [0.1, 0.15) is 23.6 Å². The summed E-state index contributed by atoms with van der Waals surface area (Å²) in [5.74, 6) is 1.16. The van der Waals surface area contributed by atoms with Crippen LogP contribution in [0.2, 0.25) is 5.02 Å². The van der Waals surface area contributed by atoms with Gasteiger partial charge in [-0.25, -0.2) is 0 Å². The van der Waals surface area contributed by atoms with Crippen LogP contribution in [-0.4, -0.2) is 5.75 Å². The highest BCUT2D eigenvalue weighted by Gasteiger charge is 2.20. The highest BCUT2D eigenvalue weighted by atomic mass is 35.5. The third kappa shape index (κ3) is 2.60. The van der Waals surface area contributed by atoms with E-state index in [1.54, 1.807) is 0 Å². The lowest BCUT2D eigenvalue weighted by molar-refractivity contribution is 0.728. The first kappa shape index (κ1) is 12.9. The Morgan fingerprint density at radius 1 is 1.16 bits per heavy atom. The minimum absolute atomic E-state index is 0.384. The molecule has 2 aromatic rings. The third-order valence-corrected chi connectivity index (χ3v) is 5.09. The average molecular weight is 290 g/mol. The zero-order valence-corrected chi connectivity index (χ0v) is 12.4. The monoisotopic (exact) mass is 289 g/mol. The first-order valence-corrected chi connectivity index (χ1v) is 7.85. The highest BCUT2D eigenvalue weighted by Crippen LogP contribution is 2.38. The fraction of sp³-hybridized carbons (Fsp3) is 0.250. The largest absolute Gasteiger partial charge is 0.378 e. The summed E-state index contributed by atoms with van der Waals surface area (Å²) in [5.41, 5.74) is 3.66. The van der Waals surface area contributed by atoms with E-state index in [4.69, 9.17) is 11.6 Å². The molecule has 1 heterocycles. The van der Waals surface area contributed by atoms with Crippen molar-refractivity contribution in [2.45, 2.75) is 24.3 Å². The lowest BCUT2D eigenvalue weighted by Gasteiger charge is -2.27. The Labute approximate surface area is 123 Å². The molecule has 0 aliphatic carbocycles. The van der Waals surface area contributed by atoms with E-state index < -0.39 is 0 Å². The Balaban J connectivity index is 1.91. The van der Waals surface area contributed by atoms with E-state index in [1.165, 1.54) is 10.5 Å². The summed E-state index contributed by atoms with van der Waals surface area (Å²) in [4.78, 5) is 1.39. The molecule has 2 aromatic carbocycles. The van der Waals surface area contributed by atoms with Crippen molar-refractivity contribution in [3.05, 3.63) is 58.6 Å². The van der Waals surface area contributed by atoms with Crippen LogP contribution in [0.5, 0.6) is 0 Å². The number of nitrogens with one attached hydrogen (secondary N) is 1.